The van der Waals surface area contributed by atoms with Crippen LogP contribution in [0, 0.1) is 6.92 Å². The van der Waals surface area contributed by atoms with Gasteiger partial charge >= 0.3 is 0 Å². The molecule has 0 spiro atoms. The van der Waals surface area contributed by atoms with Crippen molar-refractivity contribution in [3.8, 4) is 22.4 Å². The lowest BCUT2D eigenvalue weighted by Gasteiger charge is -2.15. The number of benzene rings is 2. The second kappa shape index (κ2) is 9.33. The van der Waals surface area contributed by atoms with Crippen LogP contribution in [0.1, 0.15) is 23.6 Å². The van der Waals surface area contributed by atoms with Gasteiger partial charge in [0, 0.05) is 36.1 Å². The van der Waals surface area contributed by atoms with Crippen molar-refractivity contribution in [2.75, 3.05) is 11.9 Å². The highest BCUT2D eigenvalue weighted by Gasteiger charge is 2.11. The molecule has 0 aliphatic rings. The number of nitrogens with zero attached hydrogens (tertiary/aromatic N) is 2. The van der Waals surface area contributed by atoms with Crippen molar-refractivity contribution in [3.63, 3.8) is 0 Å². The Morgan fingerprint density at radius 1 is 0.867 bits per heavy atom. The summed E-state index contributed by atoms with van der Waals surface area (Å²) in [7, 11) is 0. The molecule has 4 aromatic rings. The quantitative estimate of drug-likeness (QED) is 0.427. The van der Waals surface area contributed by atoms with Gasteiger partial charge in [-0.3, -0.25) is 4.98 Å². The summed E-state index contributed by atoms with van der Waals surface area (Å²) in [6.07, 6.45) is 4.43. The standard InChI is InChI=1S/C26H26N4/c1-19-6-5-9-22(18-19)23-10-11-25(30-26(23)21-12-15-28-16-13-21)29-17-14-24(27)20-7-3-2-4-8-20/h2-13,15-16,18,24H,14,17,27H2,1H3,(H,29,30)/t24-/m1/s1. The van der Waals surface area contributed by atoms with Crippen molar-refractivity contribution in [2.45, 2.75) is 19.4 Å². The molecule has 2 aromatic carbocycles. The molecule has 4 heteroatoms. The van der Waals surface area contributed by atoms with Crippen molar-refractivity contribution < 1.29 is 0 Å². The Labute approximate surface area is 177 Å². The van der Waals surface area contributed by atoms with E-state index in [9.17, 15) is 0 Å². The van der Waals surface area contributed by atoms with E-state index in [4.69, 9.17) is 10.7 Å². The summed E-state index contributed by atoms with van der Waals surface area (Å²) >= 11 is 0. The number of anilines is 1. The van der Waals surface area contributed by atoms with E-state index in [0.29, 0.717) is 0 Å². The van der Waals surface area contributed by atoms with E-state index in [1.54, 1.807) is 12.4 Å². The van der Waals surface area contributed by atoms with Crippen LogP contribution in [-0.2, 0) is 0 Å². The molecule has 4 nitrogen and oxygen atoms in total. The van der Waals surface area contributed by atoms with Crippen LogP contribution in [0.15, 0.2) is 91.3 Å². The highest BCUT2D eigenvalue weighted by atomic mass is 15.0. The third kappa shape index (κ3) is 4.73. The van der Waals surface area contributed by atoms with Crippen molar-refractivity contribution in [3.05, 3.63) is 102 Å². The number of nitrogens with two attached hydrogens (primary N) is 1. The summed E-state index contributed by atoms with van der Waals surface area (Å²) in [6.45, 7) is 2.86. The number of nitrogens with one attached hydrogen (secondary N) is 1. The molecule has 0 radical (unpaired) electrons. The van der Waals surface area contributed by atoms with E-state index in [0.717, 1.165) is 46.7 Å². The predicted octanol–water partition coefficient (Wildman–Crippen LogP) is 5.62. The van der Waals surface area contributed by atoms with Gasteiger partial charge in [0.15, 0.2) is 0 Å². The molecule has 0 fully saturated rings. The van der Waals surface area contributed by atoms with E-state index in [2.05, 4.69) is 59.7 Å². The minimum absolute atomic E-state index is 0.00457. The SMILES string of the molecule is Cc1cccc(-c2ccc(NCC[C@@H](N)c3ccccc3)nc2-c2ccncc2)c1. The molecule has 0 saturated carbocycles. The predicted molar refractivity (Wildman–Crippen MR) is 124 cm³/mol. The molecular weight excluding hydrogens is 368 g/mol. The minimum atomic E-state index is 0.00457. The highest BCUT2D eigenvalue weighted by Crippen LogP contribution is 2.32. The van der Waals surface area contributed by atoms with Gasteiger partial charge in [0.1, 0.15) is 5.82 Å². The zero-order valence-electron chi connectivity index (χ0n) is 17.1. The summed E-state index contributed by atoms with van der Waals surface area (Å²) in [6, 6.07) is 26.9. The van der Waals surface area contributed by atoms with Crippen LogP contribution in [-0.4, -0.2) is 16.5 Å². The van der Waals surface area contributed by atoms with Gasteiger partial charge in [-0.05, 0) is 48.7 Å². The molecule has 0 bridgehead atoms. The van der Waals surface area contributed by atoms with Gasteiger partial charge in [-0.25, -0.2) is 4.98 Å². The van der Waals surface area contributed by atoms with E-state index < -0.39 is 0 Å². The Balaban J connectivity index is 1.56. The maximum atomic E-state index is 6.33. The summed E-state index contributed by atoms with van der Waals surface area (Å²) in [5.41, 5.74) is 13.0. The lowest BCUT2D eigenvalue weighted by molar-refractivity contribution is 0.674. The van der Waals surface area contributed by atoms with Crippen LogP contribution in [0.5, 0.6) is 0 Å². The molecule has 2 heterocycles. The molecule has 3 N–H and O–H groups in total. The Bertz CT molecular complexity index is 1090. The minimum Gasteiger partial charge on any atom is -0.370 e. The first-order valence-corrected chi connectivity index (χ1v) is 10.2. The number of rotatable bonds is 7. The molecule has 4 rings (SSSR count). The molecule has 150 valence electrons. The fourth-order valence-corrected chi connectivity index (χ4v) is 3.56. The molecule has 0 saturated heterocycles. The maximum Gasteiger partial charge on any atom is 0.126 e. The number of aryl methyl sites for hydroxylation is 1. The van der Waals surface area contributed by atoms with Gasteiger partial charge in [-0.15, -0.1) is 0 Å². The zero-order chi connectivity index (χ0) is 20.8. The molecule has 2 aromatic heterocycles. The molecule has 0 aliphatic carbocycles. The van der Waals surface area contributed by atoms with Crippen molar-refractivity contribution >= 4 is 5.82 Å². The first-order valence-electron chi connectivity index (χ1n) is 10.2. The molecule has 0 amide bonds. The average molecular weight is 395 g/mol. The third-order valence-corrected chi connectivity index (χ3v) is 5.17. The summed E-state index contributed by atoms with van der Waals surface area (Å²) in [5, 5.41) is 3.44. The van der Waals surface area contributed by atoms with Gasteiger partial charge in [-0.1, -0.05) is 60.2 Å². The molecule has 30 heavy (non-hydrogen) atoms. The maximum absolute atomic E-state index is 6.33. The lowest BCUT2D eigenvalue weighted by atomic mass is 9.98. The molecule has 1 atom stereocenters. The Kier molecular flexibility index (Phi) is 6.16. The molecule has 0 aliphatic heterocycles. The fourth-order valence-electron chi connectivity index (χ4n) is 3.56. The van der Waals surface area contributed by atoms with Crippen LogP contribution in [0.4, 0.5) is 5.82 Å². The molecular formula is C26H26N4. The number of aromatic nitrogens is 2. The largest absolute Gasteiger partial charge is 0.370 e. The lowest BCUT2D eigenvalue weighted by Crippen LogP contribution is -2.15. The van der Waals surface area contributed by atoms with Gasteiger partial charge in [0.2, 0.25) is 0 Å². The number of hydrogen-bond donors (Lipinski definition) is 2. The second-order valence-electron chi connectivity index (χ2n) is 7.43. The summed E-state index contributed by atoms with van der Waals surface area (Å²) < 4.78 is 0. The topological polar surface area (TPSA) is 63.8 Å². The van der Waals surface area contributed by atoms with Crippen molar-refractivity contribution in [2.24, 2.45) is 5.73 Å². The van der Waals surface area contributed by atoms with Gasteiger partial charge in [0.25, 0.3) is 0 Å². The highest BCUT2D eigenvalue weighted by molar-refractivity contribution is 5.82. The van der Waals surface area contributed by atoms with E-state index >= 15 is 0 Å². The average Bonchev–Trinajstić information content (AvgIpc) is 2.80. The second-order valence-corrected chi connectivity index (χ2v) is 7.43. The van der Waals surface area contributed by atoms with Crippen molar-refractivity contribution in [1.82, 2.24) is 9.97 Å². The number of pyridine rings is 2. The normalized spacial score (nSPS) is 11.8. The Morgan fingerprint density at radius 3 is 2.43 bits per heavy atom. The summed E-state index contributed by atoms with van der Waals surface area (Å²) in [4.78, 5) is 9.09. The van der Waals surface area contributed by atoms with Crippen LogP contribution >= 0.6 is 0 Å². The van der Waals surface area contributed by atoms with Gasteiger partial charge in [0.05, 0.1) is 5.69 Å². The monoisotopic (exact) mass is 394 g/mol. The Hall–Kier alpha value is -3.50. The van der Waals surface area contributed by atoms with E-state index in [1.165, 1.54) is 5.56 Å². The van der Waals surface area contributed by atoms with Crippen LogP contribution < -0.4 is 11.1 Å². The first-order chi connectivity index (χ1) is 14.7. The zero-order valence-corrected chi connectivity index (χ0v) is 17.1. The number of hydrogen-bond acceptors (Lipinski definition) is 4. The van der Waals surface area contributed by atoms with Crippen LogP contribution in [0.3, 0.4) is 0 Å². The van der Waals surface area contributed by atoms with E-state index in [1.807, 2.05) is 36.4 Å². The Morgan fingerprint density at radius 2 is 1.67 bits per heavy atom. The first kappa shape index (κ1) is 19.8. The fraction of sp³-hybridized carbons (Fsp3) is 0.154. The van der Waals surface area contributed by atoms with Gasteiger partial charge in [-0.2, -0.15) is 0 Å². The summed E-state index contributed by atoms with van der Waals surface area (Å²) in [5.74, 6) is 0.846. The van der Waals surface area contributed by atoms with Crippen molar-refractivity contribution in [1.29, 1.82) is 0 Å². The smallest absolute Gasteiger partial charge is 0.126 e. The molecule has 0 unspecified atom stereocenters. The van der Waals surface area contributed by atoms with E-state index in [-0.39, 0.29) is 6.04 Å². The third-order valence-electron chi connectivity index (χ3n) is 5.17. The van der Waals surface area contributed by atoms with Crippen LogP contribution in [0.25, 0.3) is 22.4 Å². The van der Waals surface area contributed by atoms with Gasteiger partial charge < -0.3 is 11.1 Å². The van der Waals surface area contributed by atoms with Crippen LogP contribution in [0.2, 0.25) is 0 Å².